The molecule has 0 bridgehead atoms. The molecule has 0 aromatic heterocycles. The van der Waals surface area contributed by atoms with E-state index in [9.17, 15) is 14.4 Å². The van der Waals surface area contributed by atoms with E-state index in [0.29, 0.717) is 18.6 Å². The maximum absolute atomic E-state index is 12.4. The van der Waals surface area contributed by atoms with Crippen LogP contribution in [0.25, 0.3) is 0 Å². The summed E-state index contributed by atoms with van der Waals surface area (Å²) >= 11 is 0. The second-order valence-electron chi connectivity index (χ2n) is 4.83. The van der Waals surface area contributed by atoms with Gasteiger partial charge in [-0.3, -0.25) is 14.4 Å². The molecule has 0 aromatic carbocycles. The molecule has 1 aliphatic carbocycles. The number of nitrogens with zero attached hydrogens (tertiary/aromatic N) is 1. The molecule has 0 spiro atoms. The molecule has 0 heterocycles. The van der Waals surface area contributed by atoms with Crippen molar-refractivity contribution in [2.45, 2.75) is 32.6 Å². The molecule has 0 N–H and O–H groups in total. The van der Waals surface area contributed by atoms with Crippen LogP contribution in [0.15, 0.2) is 17.8 Å². The first kappa shape index (κ1) is 17.1. The number of hydrogen-bond acceptors (Lipinski definition) is 6. The standard InChI is InChI=1S/C15H21NO5/c1-4-6-12(17)13-11(16-21-9-5-2)8-7-10(14(13)18)15(19)20-3/h5,10,13H,2,4,6-9H2,1,3H3/b16-11-/t10-,13+/m0/s1. The van der Waals surface area contributed by atoms with Gasteiger partial charge in [0.2, 0.25) is 0 Å². The van der Waals surface area contributed by atoms with E-state index in [4.69, 9.17) is 4.84 Å². The lowest BCUT2D eigenvalue weighted by Gasteiger charge is -2.26. The van der Waals surface area contributed by atoms with Gasteiger partial charge in [0.05, 0.1) is 12.8 Å². The molecule has 116 valence electrons. The van der Waals surface area contributed by atoms with E-state index in [0.717, 1.165) is 0 Å². The molecule has 0 amide bonds. The molecule has 21 heavy (non-hydrogen) atoms. The predicted molar refractivity (Wildman–Crippen MR) is 76.7 cm³/mol. The summed E-state index contributed by atoms with van der Waals surface area (Å²) in [4.78, 5) is 41.2. The number of methoxy groups -OCH3 is 1. The zero-order valence-electron chi connectivity index (χ0n) is 12.5. The molecule has 1 aliphatic rings. The topological polar surface area (TPSA) is 82.0 Å². The number of Topliss-reactive ketones (excluding diaryl/α,β-unsaturated/α-hetero) is 2. The zero-order valence-corrected chi connectivity index (χ0v) is 12.5. The number of carbonyl (C=O) groups is 3. The fourth-order valence-electron chi connectivity index (χ4n) is 2.33. The first-order valence-corrected chi connectivity index (χ1v) is 7.00. The summed E-state index contributed by atoms with van der Waals surface area (Å²) in [5.41, 5.74) is 0.389. The SMILES string of the molecule is C=CCO/N=C1/CC[C@H](C(=O)OC)C(=O)[C@H]1C(=O)CCC. The van der Waals surface area contributed by atoms with E-state index in [1.165, 1.54) is 13.2 Å². The molecule has 1 saturated carbocycles. The third kappa shape index (κ3) is 4.24. The van der Waals surface area contributed by atoms with Gasteiger partial charge in [0, 0.05) is 6.42 Å². The highest BCUT2D eigenvalue weighted by Crippen LogP contribution is 2.27. The minimum Gasteiger partial charge on any atom is -0.468 e. The average molecular weight is 295 g/mol. The minimum absolute atomic E-state index is 0.201. The minimum atomic E-state index is -0.993. The zero-order chi connectivity index (χ0) is 15.8. The van der Waals surface area contributed by atoms with Crippen LogP contribution < -0.4 is 0 Å². The van der Waals surface area contributed by atoms with Gasteiger partial charge in [0.1, 0.15) is 24.2 Å². The Morgan fingerprint density at radius 3 is 2.76 bits per heavy atom. The lowest BCUT2D eigenvalue weighted by molar-refractivity contribution is -0.151. The molecule has 0 unspecified atom stereocenters. The summed E-state index contributed by atoms with van der Waals surface area (Å²) in [7, 11) is 1.23. The quantitative estimate of drug-likeness (QED) is 0.235. The van der Waals surface area contributed by atoms with Gasteiger partial charge in [-0.2, -0.15) is 0 Å². The molecule has 0 saturated heterocycles. The summed E-state index contributed by atoms with van der Waals surface area (Å²) in [6, 6.07) is 0. The van der Waals surface area contributed by atoms with Crippen LogP contribution in [0.4, 0.5) is 0 Å². The molecule has 1 rings (SSSR count). The summed E-state index contributed by atoms with van der Waals surface area (Å²) < 4.78 is 4.63. The molecular formula is C15H21NO5. The van der Waals surface area contributed by atoms with Crippen molar-refractivity contribution in [3.63, 3.8) is 0 Å². The Morgan fingerprint density at radius 1 is 1.48 bits per heavy atom. The monoisotopic (exact) mass is 295 g/mol. The Labute approximate surface area is 124 Å². The van der Waals surface area contributed by atoms with Crippen molar-refractivity contribution in [1.82, 2.24) is 0 Å². The molecule has 0 radical (unpaired) electrons. The molecular weight excluding hydrogens is 274 g/mol. The highest BCUT2D eigenvalue weighted by atomic mass is 16.6. The van der Waals surface area contributed by atoms with Gasteiger partial charge in [-0.25, -0.2) is 0 Å². The van der Waals surface area contributed by atoms with E-state index >= 15 is 0 Å². The van der Waals surface area contributed by atoms with Gasteiger partial charge in [-0.15, -0.1) is 0 Å². The summed E-state index contributed by atoms with van der Waals surface area (Å²) in [5, 5.41) is 3.88. The van der Waals surface area contributed by atoms with Gasteiger partial charge in [0.25, 0.3) is 0 Å². The third-order valence-electron chi connectivity index (χ3n) is 3.33. The summed E-state index contributed by atoms with van der Waals surface area (Å²) in [6.45, 7) is 5.56. The fraction of sp³-hybridized carbons (Fsp3) is 0.600. The van der Waals surface area contributed by atoms with Crippen LogP contribution in [0, 0.1) is 11.8 Å². The Hall–Kier alpha value is -1.98. The normalized spacial score (nSPS) is 23.7. The van der Waals surface area contributed by atoms with Crippen LogP contribution in [-0.4, -0.2) is 37.0 Å². The molecule has 2 atom stereocenters. The number of esters is 1. The molecule has 1 fully saturated rings. The summed E-state index contributed by atoms with van der Waals surface area (Å²) in [6.07, 6.45) is 3.08. The maximum Gasteiger partial charge on any atom is 0.316 e. The van der Waals surface area contributed by atoms with Crippen molar-refractivity contribution in [3.05, 3.63) is 12.7 Å². The number of ether oxygens (including phenoxy) is 1. The van der Waals surface area contributed by atoms with Crippen LogP contribution in [0.1, 0.15) is 32.6 Å². The lowest BCUT2D eigenvalue weighted by Crippen LogP contribution is -2.43. The molecule has 6 heteroatoms. The van der Waals surface area contributed by atoms with Crippen LogP contribution in [0.2, 0.25) is 0 Å². The van der Waals surface area contributed by atoms with Crippen LogP contribution >= 0.6 is 0 Å². The third-order valence-corrected chi connectivity index (χ3v) is 3.33. The second-order valence-corrected chi connectivity index (χ2v) is 4.83. The van der Waals surface area contributed by atoms with Crippen LogP contribution in [0.5, 0.6) is 0 Å². The average Bonchev–Trinajstić information content (AvgIpc) is 2.47. The Kier molecular flexibility index (Phi) is 6.78. The summed E-state index contributed by atoms with van der Waals surface area (Å²) in [5.74, 6) is -3.14. The first-order chi connectivity index (χ1) is 10.1. The van der Waals surface area contributed by atoms with Gasteiger partial charge >= 0.3 is 5.97 Å². The van der Waals surface area contributed by atoms with Crippen molar-refractivity contribution >= 4 is 23.2 Å². The van der Waals surface area contributed by atoms with E-state index in [-0.39, 0.29) is 25.2 Å². The predicted octanol–water partition coefficient (Wildman–Crippen LogP) is 1.68. The van der Waals surface area contributed by atoms with Crippen molar-refractivity contribution in [1.29, 1.82) is 0 Å². The smallest absolute Gasteiger partial charge is 0.316 e. The molecule has 0 aromatic rings. The van der Waals surface area contributed by atoms with Crippen LogP contribution in [0.3, 0.4) is 0 Å². The molecule has 0 aliphatic heterocycles. The van der Waals surface area contributed by atoms with Gasteiger partial charge in [0.15, 0.2) is 5.78 Å². The van der Waals surface area contributed by atoms with Crippen molar-refractivity contribution in [2.75, 3.05) is 13.7 Å². The Balaban J connectivity index is 2.98. The van der Waals surface area contributed by atoms with E-state index in [1.54, 1.807) is 0 Å². The van der Waals surface area contributed by atoms with Crippen molar-refractivity contribution in [2.24, 2.45) is 17.0 Å². The fourth-order valence-corrected chi connectivity index (χ4v) is 2.33. The number of hydrogen-bond donors (Lipinski definition) is 0. The molecule has 6 nitrogen and oxygen atoms in total. The number of rotatable bonds is 7. The van der Waals surface area contributed by atoms with E-state index in [2.05, 4.69) is 16.5 Å². The van der Waals surface area contributed by atoms with Gasteiger partial charge < -0.3 is 9.57 Å². The maximum atomic E-state index is 12.4. The second kappa shape index (κ2) is 8.34. The highest BCUT2D eigenvalue weighted by molar-refractivity contribution is 6.25. The van der Waals surface area contributed by atoms with E-state index in [1.807, 2.05) is 6.92 Å². The van der Waals surface area contributed by atoms with Crippen molar-refractivity contribution < 1.29 is 24.0 Å². The lowest BCUT2D eigenvalue weighted by atomic mass is 9.76. The highest BCUT2D eigenvalue weighted by Gasteiger charge is 2.43. The Morgan fingerprint density at radius 2 is 2.19 bits per heavy atom. The first-order valence-electron chi connectivity index (χ1n) is 7.00. The Bertz CT molecular complexity index is 455. The van der Waals surface area contributed by atoms with Crippen molar-refractivity contribution in [3.8, 4) is 0 Å². The largest absolute Gasteiger partial charge is 0.468 e. The number of carbonyl (C=O) groups excluding carboxylic acids is 3. The van der Waals surface area contributed by atoms with Crippen LogP contribution in [-0.2, 0) is 24.0 Å². The van der Waals surface area contributed by atoms with E-state index < -0.39 is 23.6 Å². The number of oxime groups is 1. The number of ketones is 2. The van der Waals surface area contributed by atoms with Gasteiger partial charge in [-0.1, -0.05) is 24.7 Å². The van der Waals surface area contributed by atoms with Gasteiger partial charge in [-0.05, 0) is 19.3 Å².